The minimum Gasteiger partial charge on any atom is -0.376 e. The third-order valence-corrected chi connectivity index (χ3v) is 4.88. The average Bonchev–Trinajstić information content (AvgIpc) is 2.52. The summed E-state index contributed by atoms with van der Waals surface area (Å²) in [5, 5.41) is 2.58. The normalized spacial score (nSPS) is 12.8. The number of nitrogens with zero attached hydrogens (tertiary/aromatic N) is 1. The molecule has 28 heavy (non-hydrogen) atoms. The molecule has 0 bridgehead atoms. The number of carbonyl (C=O) groups excluding carboxylic acids is 1. The van der Waals surface area contributed by atoms with E-state index in [1.807, 2.05) is 0 Å². The minimum absolute atomic E-state index is 0.0384. The molecule has 164 valence electrons. The number of carbonyl (C=O) groups is 1. The lowest BCUT2D eigenvalue weighted by Gasteiger charge is -2.28. The van der Waals surface area contributed by atoms with Crippen LogP contribution in [0.5, 0.6) is 0 Å². The Kier molecular flexibility index (Phi) is 12.2. The fourth-order valence-corrected chi connectivity index (χ4v) is 3.84. The Morgan fingerprint density at radius 1 is 1.04 bits per heavy atom. The van der Waals surface area contributed by atoms with Crippen molar-refractivity contribution >= 4 is 21.1 Å². The summed E-state index contributed by atoms with van der Waals surface area (Å²) in [4.78, 5) is 49.6. The largest absolute Gasteiger partial charge is 0.376 e. The number of rotatable bonds is 16. The van der Waals surface area contributed by atoms with E-state index in [1.165, 1.54) is 12.2 Å². The molecule has 0 aromatic heterocycles. The maximum absolute atomic E-state index is 12.6. The van der Waals surface area contributed by atoms with Gasteiger partial charge in [-0.15, -0.1) is 13.2 Å². The van der Waals surface area contributed by atoms with Crippen molar-refractivity contribution in [3.63, 3.8) is 0 Å². The zero-order valence-corrected chi connectivity index (χ0v) is 17.7. The summed E-state index contributed by atoms with van der Waals surface area (Å²) in [6.45, 7) is 8.97. The van der Waals surface area contributed by atoms with Gasteiger partial charge in [-0.1, -0.05) is 12.2 Å². The predicted molar refractivity (Wildman–Crippen MR) is 104 cm³/mol. The number of hydrogen-bond acceptors (Lipinski definition) is 6. The number of amides is 1. The van der Waals surface area contributed by atoms with Gasteiger partial charge >= 0.3 is 15.2 Å². The van der Waals surface area contributed by atoms with E-state index in [9.17, 15) is 13.9 Å². The van der Waals surface area contributed by atoms with Crippen LogP contribution in [0.15, 0.2) is 25.3 Å². The van der Waals surface area contributed by atoms with Gasteiger partial charge in [-0.25, -0.2) is 0 Å². The summed E-state index contributed by atoms with van der Waals surface area (Å²) in [5.41, 5.74) is -1.05. The Balaban J connectivity index is 4.88. The van der Waals surface area contributed by atoms with E-state index < -0.39 is 39.1 Å². The zero-order chi connectivity index (χ0) is 21.8. The Labute approximate surface area is 164 Å². The van der Waals surface area contributed by atoms with Crippen LogP contribution in [-0.4, -0.2) is 82.5 Å². The topological polar surface area (TPSA) is 166 Å². The zero-order valence-electron chi connectivity index (χ0n) is 15.9. The molecule has 11 nitrogen and oxygen atoms in total. The van der Waals surface area contributed by atoms with Crippen LogP contribution in [0, 0.1) is 5.41 Å². The molecule has 13 heteroatoms. The molecular weight excluding hydrogens is 414 g/mol. The van der Waals surface area contributed by atoms with Gasteiger partial charge in [-0.2, -0.15) is 0 Å². The van der Waals surface area contributed by atoms with Crippen LogP contribution >= 0.6 is 15.2 Å². The average molecular weight is 444 g/mol. The summed E-state index contributed by atoms with van der Waals surface area (Å²) < 4.78 is 33.0. The van der Waals surface area contributed by atoms with Crippen molar-refractivity contribution in [2.45, 2.75) is 6.92 Å². The van der Waals surface area contributed by atoms with Gasteiger partial charge in [0.15, 0.2) is 0 Å². The second-order valence-electron chi connectivity index (χ2n) is 6.43. The van der Waals surface area contributed by atoms with Crippen LogP contribution in [0.2, 0.25) is 0 Å². The molecule has 0 heterocycles. The molecule has 0 aliphatic rings. The fraction of sp³-hybridized carbons (Fsp3) is 0.667. The Morgan fingerprint density at radius 3 is 1.82 bits per heavy atom. The second kappa shape index (κ2) is 12.6. The van der Waals surface area contributed by atoms with Gasteiger partial charge in [-0.3, -0.25) is 18.8 Å². The molecule has 5 N–H and O–H groups in total. The summed E-state index contributed by atoms with van der Waals surface area (Å²) in [6.07, 6.45) is 1.39. The lowest BCUT2D eigenvalue weighted by atomic mass is 9.91. The summed E-state index contributed by atoms with van der Waals surface area (Å²) in [7, 11) is -9.06. The van der Waals surface area contributed by atoms with E-state index in [0.717, 1.165) is 4.90 Å². The highest BCUT2D eigenvalue weighted by atomic mass is 31.2. The molecule has 0 saturated heterocycles. The number of nitrogens with one attached hydrogen (secondary N) is 1. The molecule has 0 spiro atoms. The van der Waals surface area contributed by atoms with Crippen LogP contribution in [0.3, 0.4) is 0 Å². The van der Waals surface area contributed by atoms with Gasteiger partial charge in [0, 0.05) is 13.1 Å². The third kappa shape index (κ3) is 13.3. The number of hydrogen-bond donors (Lipinski definition) is 5. The van der Waals surface area contributed by atoms with Crippen molar-refractivity contribution in [2.24, 2.45) is 5.41 Å². The summed E-state index contributed by atoms with van der Waals surface area (Å²) >= 11 is 0. The predicted octanol–water partition coefficient (Wildman–Crippen LogP) is 0.0865. The van der Waals surface area contributed by atoms with Gasteiger partial charge in [0.2, 0.25) is 5.91 Å². The summed E-state index contributed by atoms with van der Waals surface area (Å²) in [6, 6.07) is 0. The third-order valence-electron chi connectivity index (χ3n) is 3.34. The molecule has 0 aliphatic heterocycles. The lowest BCUT2D eigenvalue weighted by molar-refractivity contribution is -0.137. The maximum Gasteiger partial charge on any atom is 0.339 e. The van der Waals surface area contributed by atoms with E-state index in [-0.39, 0.29) is 39.5 Å². The molecule has 0 aromatic rings. The molecule has 0 rings (SSSR count). The van der Waals surface area contributed by atoms with Gasteiger partial charge in [0.1, 0.15) is 12.6 Å². The van der Waals surface area contributed by atoms with E-state index in [4.69, 9.17) is 29.0 Å². The molecule has 0 saturated carbocycles. The standard InChI is InChI=1S/C15H30N2O9P2/c1-4-8-25-10-15(3,11-26-9-5-2)14(18)16-6-7-17(12-27(19,20)21)13-28(22,23)24/h4-5H,1-2,6-13H2,3H3,(H,16,18)(H2,19,20,21)(H2,22,23,24). The van der Waals surface area contributed by atoms with Gasteiger partial charge in [0.05, 0.1) is 31.8 Å². The summed E-state index contributed by atoms with van der Waals surface area (Å²) in [5.74, 6) is -0.437. The minimum atomic E-state index is -4.53. The van der Waals surface area contributed by atoms with Crippen LogP contribution < -0.4 is 5.32 Å². The Hall–Kier alpha value is -0.870. The van der Waals surface area contributed by atoms with Crippen molar-refractivity contribution in [1.82, 2.24) is 10.2 Å². The van der Waals surface area contributed by atoms with E-state index in [0.29, 0.717) is 0 Å². The first kappa shape index (κ1) is 27.1. The first-order valence-electron chi connectivity index (χ1n) is 8.30. The van der Waals surface area contributed by atoms with E-state index >= 15 is 0 Å². The van der Waals surface area contributed by atoms with Crippen molar-refractivity contribution in [3.05, 3.63) is 25.3 Å². The van der Waals surface area contributed by atoms with Crippen LogP contribution in [0.1, 0.15) is 6.92 Å². The van der Waals surface area contributed by atoms with Crippen LogP contribution in [0.25, 0.3) is 0 Å². The molecule has 0 atom stereocenters. The first-order chi connectivity index (χ1) is 12.8. The Morgan fingerprint density at radius 2 is 1.46 bits per heavy atom. The molecule has 0 radical (unpaired) electrons. The molecule has 0 fully saturated rings. The van der Waals surface area contributed by atoms with Crippen LogP contribution in [0.4, 0.5) is 0 Å². The van der Waals surface area contributed by atoms with Crippen LogP contribution in [-0.2, 0) is 23.4 Å². The van der Waals surface area contributed by atoms with Gasteiger partial charge < -0.3 is 34.4 Å². The smallest absolute Gasteiger partial charge is 0.339 e. The van der Waals surface area contributed by atoms with Gasteiger partial charge in [0.25, 0.3) is 0 Å². The highest BCUT2D eigenvalue weighted by molar-refractivity contribution is 7.52. The highest BCUT2D eigenvalue weighted by Gasteiger charge is 2.34. The monoisotopic (exact) mass is 444 g/mol. The second-order valence-corrected chi connectivity index (χ2v) is 9.66. The molecule has 0 aromatic carbocycles. The fourth-order valence-electron chi connectivity index (χ4n) is 2.16. The molecule has 1 amide bonds. The van der Waals surface area contributed by atoms with Gasteiger partial charge in [-0.05, 0) is 6.92 Å². The molecule has 0 unspecified atom stereocenters. The van der Waals surface area contributed by atoms with Crippen molar-refractivity contribution in [2.75, 3.05) is 52.1 Å². The first-order valence-corrected chi connectivity index (χ1v) is 11.9. The molecule has 0 aliphatic carbocycles. The number of ether oxygens (including phenoxy) is 2. The highest BCUT2D eigenvalue weighted by Crippen LogP contribution is 2.40. The maximum atomic E-state index is 12.6. The van der Waals surface area contributed by atoms with Crippen molar-refractivity contribution < 1.29 is 43.0 Å². The quantitative estimate of drug-likeness (QED) is 0.125. The lowest BCUT2D eigenvalue weighted by Crippen LogP contribution is -2.47. The molecular formula is C15H30N2O9P2. The Bertz CT molecular complexity index is 564. The SMILES string of the molecule is C=CCOCC(C)(COCC=C)C(=O)NCCN(CP(=O)(O)O)CP(=O)(O)O. The van der Waals surface area contributed by atoms with E-state index in [2.05, 4.69) is 18.5 Å². The van der Waals surface area contributed by atoms with Crippen molar-refractivity contribution in [3.8, 4) is 0 Å². The van der Waals surface area contributed by atoms with E-state index in [1.54, 1.807) is 6.92 Å². The van der Waals surface area contributed by atoms with Crippen molar-refractivity contribution in [1.29, 1.82) is 0 Å².